The molecule has 1 rings (SSSR count). The number of hydrogen-bond acceptors (Lipinski definition) is 3. The van der Waals surface area contributed by atoms with Crippen LogP contribution in [0.3, 0.4) is 0 Å². The molecule has 1 aliphatic rings. The molecule has 1 saturated carbocycles. The predicted octanol–water partition coefficient (Wildman–Crippen LogP) is 2.58. The summed E-state index contributed by atoms with van der Waals surface area (Å²) in [6.45, 7) is 12.1. The van der Waals surface area contributed by atoms with Gasteiger partial charge in [-0.25, -0.2) is 0 Å². The molecular formula is C19H40IN5O. The van der Waals surface area contributed by atoms with Crippen LogP contribution in [0.2, 0.25) is 0 Å². The number of halogens is 1. The maximum atomic E-state index is 12.1. The molecule has 26 heavy (non-hydrogen) atoms. The lowest BCUT2D eigenvalue weighted by Crippen LogP contribution is -2.46. The molecule has 0 aromatic heterocycles. The van der Waals surface area contributed by atoms with Crippen molar-refractivity contribution in [2.45, 2.75) is 71.9 Å². The fourth-order valence-corrected chi connectivity index (χ4v) is 3.51. The number of amides is 1. The van der Waals surface area contributed by atoms with Gasteiger partial charge in [0.05, 0.1) is 0 Å². The van der Waals surface area contributed by atoms with Gasteiger partial charge in [-0.3, -0.25) is 14.7 Å². The van der Waals surface area contributed by atoms with E-state index in [0.717, 1.165) is 31.9 Å². The molecule has 0 radical (unpaired) electrons. The number of carbonyl (C=O) groups is 1. The molecule has 0 heterocycles. The van der Waals surface area contributed by atoms with E-state index in [2.05, 4.69) is 53.5 Å². The number of aliphatic imine (C=N–C) groups is 1. The van der Waals surface area contributed by atoms with Gasteiger partial charge in [-0.15, -0.1) is 24.0 Å². The molecule has 0 bridgehead atoms. The van der Waals surface area contributed by atoms with Crippen LogP contribution in [0, 0.1) is 5.92 Å². The molecule has 0 aliphatic heterocycles. The highest BCUT2D eigenvalue weighted by atomic mass is 127. The second-order valence-corrected chi connectivity index (χ2v) is 7.48. The molecule has 0 spiro atoms. The molecule has 0 aromatic rings. The zero-order valence-corrected chi connectivity index (χ0v) is 19.6. The lowest BCUT2D eigenvalue weighted by molar-refractivity contribution is -0.125. The van der Waals surface area contributed by atoms with Gasteiger partial charge in [-0.1, -0.05) is 19.3 Å². The van der Waals surface area contributed by atoms with Gasteiger partial charge in [0.15, 0.2) is 5.96 Å². The predicted molar refractivity (Wildman–Crippen MR) is 121 cm³/mol. The van der Waals surface area contributed by atoms with E-state index in [-0.39, 0.29) is 35.8 Å². The number of hydrogen-bond donors (Lipinski definition) is 3. The highest BCUT2D eigenvalue weighted by Gasteiger charge is 2.20. The zero-order valence-electron chi connectivity index (χ0n) is 17.3. The van der Waals surface area contributed by atoms with Crippen molar-refractivity contribution in [1.82, 2.24) is 20.9 Å². The third kappa shape index (κ3) is 9.94. The second kappa shape index (κ2) is 14.5. The van der Waals surface area contributed by atoms with Crippen molar-refractivity contribution in [2.75, 3.05) is 33.2 Å². The fraction of sp³-hybridized carbons (Fsp3) is 0.895. The quantitative estimate of drug-likeness (QED) is 0.205. The lowest BCUT2D eigenvalue weighted by Gasteiger charge is -2.30. The molecule has 3 N–H and O–H groups in total. The summed E-state index contributed by atoms with van der Waals surface area (Å²) in [7, 11) is 1.78. The van der Waals surface area contributed by atoms with E-state index >= 15 is 0 Å². The monoisotopic (exact) mass is 481 g/mol. The van der Waals surface area contributed by atoms with Crippen LogP contribution in [0.5, 0.6) is 0 Å². The molecule has 1 amide bonds. The molecule has 0 unspecified atom stereocenters. The van der Waals surface area contributed by atoms with Gasteiger partial charge in [0.25, 0.3) is 0 Å². The summed E-state index contributed by atoms with van der Waals surface area (Å²) >= 11 is 0. The minimum atomic E-state index is 0. The Labute approximate surface area is 177 Å². The molecule has 154 valence electrons. The number of guanidine groups is 1. The minimum Gasteiger partial charge on any atom is -0.355 e. The molecular weight excluding hydrogens is 441 g/mol. The molecule has 1 fully saturated rings. The van der Waals surface area contributed by atoms with Crippen LogP contribution in [0.4, 0.5) is 0 Å². The van der Waals surface area contributed by atoms with Crippen molar-refractivity contribution in [2.24, 2.45) is 10.9 Å². The summed E-state index contributed by atoms with van der Waals surface area (Å²) in [4.78, 5) is 18.8. The van der Waals surface area contributed by atoms with E-state index in [1.54, 1.807) is 7.05 Å². The highest BCUT2D eigenvalue weighted by molar-refractivity contribution is 14.0. The first-order chi connectivity index (χ1) is 12.0. The lowest BCUT2D eigenvalue weighted by atomic mass is 9.89. The third-order valence-corrected chi connectivity index (χ3v) is 4.91. The van der Waals surface area contributed by atoms with Gasteiger partial charge in [-0.2, -0.15) is 0 Å². The molecule has 6 nitrogen and oxygen atoms in total. The Hall–Kier alpha value is -0.570. The Kier molecular flexibility index (Phi) is 14.2. The molecule has 7 heteroatoms. The van der Waals surface area contributed by atoms with Gasteiger partial charge >= 0.3 is 0 Å². The van der Waals surface area contributed by atoms with Crippen LogP contribution in [0.25, 0.3) is 0 Å². The minimum absolute atomic E-state index is 0. The Bertz CT molecular complexity index is 401. The van der Waals surface area contributed by atoms with Crippen LogP contribution < -0.4 is 16.0 Å². The van der Waals surface area contributed by atoms with Crippen LogP contribution in [-0.4, -0.2) is 62.1 Å². The first kappa shape index (κ1) is 25.4. The zero-order chi connectivity index (χ0) is 18.7. The standard InChI is InChI=1S/C19H39N5O.HI/c1-15(2)24(16(3)4)14-13-23-19(20-5)22-12-11-21-18(25)17-9-7-6-8-10-17;/h15-17H,6-14H2,1-5H3,(H,21,25)(H2,20,22,23);1H. The summed E-state index contributed by atoms with van der Waals surface area (Å²) in [6, 6.07) is 1.07. The normalized spacial score (nSPS) is 15.9. The van der Waals surface area contributed by atoms with E-state index < -0.39 is 0 Å². The highest BCUT2D eigenvalue weighted by Crippen LogP contribution is 2.23. The van der Waals surface area contributed by atoms with E-state index in [1.165, 1.54) is 19.3 Å². The third-order valence-electron chi connectivity index (χ3n) is 4.91. The van der Waals surface area contributed by atoms with Gasteiger partial charge in [-0.05, 0) is 40.5 Å². The van der Waals surface area contributed by atoms with Gasteiger partial charge in [0.2, 0.25) is 5.91 Å². The van der Waals surface area contributed by atoms with Crippen molar-refractivity contribution in [3.63, 3.8) is 0 Å². The maximum Gasteiger partial charge on any atom is 0.223 e. The first-order valence-electron chi connectivity index (χ1n) is 9.93. The number of carbonyl (C=O) groups excluding carboxylic acids is 1. The van der Waals surface area contributed by atoms with E-state index in [0.29, 0.717) is 25.2 Å². The summed E-state index contributed by atoms with van der Waals surface area (Å²) < 4.78 is 0. The topological polar surface area (TPSA) is 68.8 Å². The van der Waals surface area contributed by atoms with Crippen LogP contribution in [0.1, 0.15) is 59.8 Å². The number of rotatable bonds is 9. The summed E-state index contributed by atoms with van der Waals surface area (Å²) in [6.07, 6.45) is 5.75. The molecule has 0 atom stereocenters. The Morgan fingerprint density at radius 1 is 0.962 bits per heavy atom. The van der Waals surface area contributed by atoms with Crippen molar-refractivity contribution < 1.29 is 4.79 Å². The van der Waals surface area contributed by atoms with Gasteiger partial charge in [0.1, 0.15) is 0 Å². The summed E-state index contributed by atoms with van der Waals surface area (Å²) in [5, 5.41) is 9.65. The van der Waals surface area contributed by atoms with Crippen molar-refractivity contribution >= 4 is 35.8 Å². The van der Waals surface area contributed by atoms with Gasteiger partial charge < -0.3 is 16.0 Å². The Balaban J connectivity index is 0.00000625. The smallest absolute Gasteiger partial charge is 0.223 e. The number of nitrogens with one attached hydrogen (secondary N) is 3. The molecule has 1 aliphatic carbocycles. The summed E-state index contributed by atoms with van der Waals surface area (Å²) in [5.41, 5.74) is 0. The van der Waals surface area contributed by atoms with Crippen LogP contribution in [0.15, 0.2) is 4.99 Å². The summed E-state index contributed by atoms with van der Waals surface area (Å²) in [5.74, 6) is 1.23. The largest absolute Gasteiger partial charge is 0.355 e. The van der Waals surface area contributed by atoms with Crippen molar-refractivity contribution in [3.05, 3.63) is 0 Å². The van der Waals surface area contributed by atoms with E-state index in [4.69, 9.17) is 0 Å². The second-order valence-electron chi connectivity index (χ2n) is 7.48. The SMILES string of the molecule is CN=C(NCCNC(=O)C1CCCCC1)NCCN(C(C)C)C(C)C.I. The van der Waals surface area contributed by atoms with Gasteiger partial charge in [0, 0.05) is 51.2 Å². The average molecular weight is 481 g/mol. The average Bonchev–Trinajstić information content (AvgIpc) is 2.60. The van der Waals surface area contributed by atoms with Crippen molar-refractivity contribution in [3.8, 4) is 0 Å². The van der Waals surface area contributed by atoms with E-state index in [9.17, 15) is 4.79 Å². The van der Waals surface area contributed by atoms with E-state index in [1.807, 2.05) is 0 Å². The van der Waals surface area contributed by atoms with Crippen molar-refractivity contribution in [1.29, 1.82) is 0 Å². The Morgan fingerprint density at radius 2 is 1.50 bits per heavy atom. The fourth-order valence-electron chi connectivity index (χ4n) is 3.51. The number of nitrogens with zero attached hydrogens (tertiary/aromatic N) is 2. The van der Waals surface area contributed by atoms with Crippen LogP contribution in [-0.2, 0) is 4.79 Å². The Morgan fingerprint density at radius 3 is 2.04 bits per heavy atom. The molecule has 0 aromatic carbocycles. The maximum absolute atomic E-state index is 12.1. The first-order valence-corrected chi connectivity index (χ1v) is 9.93. The molecule has 0 saturated heterocycles. The van der Waals surface area contributed by atoms with Crippen LogP contribution >= 0.6 is 24.0 Å².